The van der Waals surface area contributed by atoms with Gasteiger partial charge in [0.25, 0.3) is 0 Å². The molecule has 0 N–H and O–H groups in total. The third-order valence-electron chi connectivity index (χ3n) is 5.65. The van der Waals surface area contributed by atoms with Crippen LogP contribution in [0.2, 0.25) is 0 Å². The number of carbonyl (C=O) groups excluding carboxylic acids is 1. The van der Waals surface area contributed by atoms with Crippen LogP contribution < -0.4 is 0 Å². The molecular weight excluding hydrogens is 302 g/mol. The normalized spacial score (nSPS) is 25.0. The van der Waals surface area contributed by atoms with Gasteiger partial charge in [0.1, 0.15) is 5.69 Å². The van der Waals surface area contributed by atoms with Crippen molar-refractivity contribution in [2.24, 2.45) is 0 Å². The maximum absolute atomic E-state index is 12.9. The van der Waals surface area contributed by atoms with Crippen molar-refractivity contribution in [3.05, 3.63) is 30.0 Å². The van der Waals surface area contributed by atoms with E-state index >= 15 is 0 Å². The summed E-state index contributed by atoms with van der Waals surface area (Å²) in [7, 11) is 0. The van der Waals surface area contributed by atoms with Crippen LogP contribution in [-0.2, 0) is 11.2 Å². The van der Waals surface area contributed by atoms with Gasteiger partial charge in [0, 0.05) is 24.0 Å². The number of amides is 1. The minimum atomic E-state index is 0.194. The number of hydrogen-bond donors (Lipinski definition) is 0. The number of benzene rings is 1. The maximum atomic E-state index is 12.9. The summed E-state index contributed by atoms with van der Waals surface area (Å²) >= 11 is 0. The van der Waals surface area contributed by atoms with Crippen LogP contribution in [0.5, 0.6) is 0 Å². The first-order valence-electron chi connectivity index (χ1n) is 9.14. The van der Waals surface area contributed by atoms with Crippen LogP contribution in [0.15, 0.2) is 28.8 Å². The summed E-state index contributed by atoms with van der Waals surface area (Å²) in [5, 5.41) is 5.08. The quantitative estimate of drug-likeness (QED) is 0.866. The van der Waals surface area contributed by atoms with Gasteiger partial charge in [0.15, 0.2) is 5.58 Å². The number of rotatable bonds is 4. The van der Waals surface area contributed by atoms with Crippen molar-refractivity contribution in [1.29, 1.82) is 0 Å². The van der Waals surface area contributed by atoms with Gasteiger partial charge in [-0.1, -0.05) is 24.2 Å². The van der Waals surface area contributed by atoms with E-state index in [0.717, 1.165) is 42.6 Å². The fraction of sp³-hybridized carbons (Fsp3) is 0.579. The zero-order chi connectivity index (χ0) is 16.5. The first kappa shape index (κ1) is 15.6. The molecule has 0 bridgehead atoms. The summed E-state index contributed by atoms with van der Waals surface area (Å²) in [6.07, 6.45) is 5.06. The smallest absolute Gasteiger partial charge is 0.229 e. The Morgan fingerprint density at radius 1 is 1.21 bits per heavy atom. The van der Waals surface area contributed by atoms with Crippen LogP contribution in [0.1, 0.15) is 38.3 Å². The second-order valence-corrected chi connectivity index (χ2v) is 6.94. The molecule has 2 aliphatic heterocycles. The Hall–Kier alpha value is -1.88. The van der Waals surface area contributed by atoms with Crippen LogP contribution in [0.25, 0.3) is 11.0 Å². The number of likely N-dealkylation sites (tertiary alicyclic amines) is 2. The highest BCUT2D eigenvalue weighted by molar-refractivity contribution is 5.86. The van der Waals surface area contributed by atoms with Crippen molar-refractivity contribution in [1.82, 2.24) is 15.0 Å². The summed E-state index contributed by atoms with van der Waals surface area (Å²) in [4.78, 5) is 17.6. The van der Waals surface area contributed by atoms with Gasteiger partial charge in [-0.25, -0.2) is 0 Å². The topological polar surface area (TPSA) is 49.6 Å². The molecule has 2 aliphatic rings. The second kappa shape index (κ2) is 6.55. The van der Waals surface area contributed by atoms with Crippen molar-refractivity contribution in [2.75, 3.05) is 19.6 Å². The Labute approximate surface area is 142 Å². The average Bonchev–Trinajstić information content (AvgIpc) is 3.33. The van der Waals surface area contributed by atoms with Gasteiger partial charge in [-0.3, -0.25) is 9.69 Å². The summed E-state index contributed by atoms with van der Waals surface area (Å²) in [6.45, 7) is 5.36. The first-order valence-corrected chi connectivity index (χ1v) is 9.14. The summed E-state index contributed by atoms with van der Waals surface area (Å²) in [5.41, 5.74) is 1.52. The van der Waals surface area contributed by atoms with Gasteiger partial charge in [-0.05, 0) is 50.9 Å². The van der Waals surface area contributed by atoms with Crippen molar-refractivity contribution in [3.8, 4) is 0 Å². The molecule has 4 rings (SSSR count). The summed E-state index contributed by atoms with van der Waals surface area (Å²) < 4.78 is 5.34. The van der Waals surface area contributed by atoms with Crippen LogP contribution in [0.3, 0.4) is 0 Å². The summed E-state index contributed by atoms with van der Waals surface area (Å²) in [6, 6.07) is 8.67. The lowest BCUT2D eigenvalue weighted by Crippen LogP contribution is -2.48. The van der Waals surface area contributed by atoms with E-state index in [-0.39, 0.29) is 5.91 Å². The Morgan fingerprint density at radius 3 is 2.88 bits per heavy atom. The van der Waals surface area contributed by atoms with Gasteiger partial charge in [0.2, 0.25) is 5.91 Å². The van der Waals surface area contributed by atoms with Crippen molar-refractivity contribution in [2.45, 2.75) is 51.1 Å². The molecule has 2 atom stereocenters. The molecule has 3 heterocycles. The number of hydrogen-bond acceptors (Lipinski definition) is 4. The molecule has 5 nitrogen and oxygen atoms in total. The molecule has 2 saturated heterocycles. The van der Waals surface area contributed by atoms with Gasteiger partial charge in [0.05, 0.1) is 6.42 Å². The molecule has 128 valence electrons. The van der Waals surface area contributed by atoms with Gasteiger partial charge < -0.3 is 9.42 Å². The maximum Gasteiger partial charge on any atom is 0.229 e. The zero-order valence-corrected chi connectivity index (χ0v) is 14.3. The Morgan fingerprint density at radius 2 is 2.00 bits per heavy atom. The zero-order valence-electron chi connectivity index (χ0n) is 14.3. The number of carbonyl (C=O) groups is 1. The van der Waals surface area contributed by atoms with Gasteiger partial charge in [-0.15, -0.1) is 0 Å². The third-order valence-corrected chi connectivity index (χ3v) is 5.65. The molecule has 1 amide bonds. The highest BCUT2D eigenvalue weighted by Gasteiger charge is 2.39. The monoisotopic (exact) mass is 327 g/mol. The lowest BCUT2D eigenvalue weighted by atomic mass is 10.0. The van der Waals surface area contributed by atoms with Gasteiger partial charge in [-0.2, -0.15) is 0 Å². The highest BCUT2D eigenvalue weighted by atomic mass is 16.5. The molecular formula is C19H25N3O2. The number of para-hydroxylation sites is 1. The number of likely N-dealkylation sites (N-methyl/N-ethyl adjacent to an activating group) is 1. The first-order chi connectivity index (χ1) is 11.8. The molecule has 2 aromatic rings. The minimum absolute atomic E-state index is 0.194. The molecule has 1 aromatic carbocycles. The van der Waals surface area contributed by atoms with E-state index in [0.29, 0.717) is 18.5 Å². The molecule has 0 radical (unpaired) electrons. The highest BCUT2D eigenvalue weighted by Crippen LogP contribution is 2.30. The molecule has 1 aromatic heterocycles. The molecule has 24 heavy (non-hydrogen) atoms. The van der Waals surface area contributed by atoms with Crippen LogP contribution in [-0.4, -0.2) is 52.6 Å². The van der Waals surface area contributed by atoms with E-state index in [1.165, 1.54) is 19.4 Å². The molecule has 0 saturated carbocycles. The van der Waals surface area contributed by atoms with E-state index in [4.69, 9.17) is 4.52 Å². The van der Waals surface area contributed by atoms with Crippen molar-refractivity contribution >= 4 is 16.9 Å². The predicted octanol–water partition coefficient (Wildman–Crippen LogP) is 2.85. The Kier molecular flexibility index (Phi) is 4.27. The molecule has 0 aliphatic carbocycles. The van der Waals surface area contributed by atoms with Crippen molar-refractivity contribution in [3.63, 3.8) is 0 Å². The van der Waals surface area contributed by atoms with Crippen LogP contribution in [0, 0.1) is 0 Å². The van der Waals surface area contributed by atoms with E-state index in [1.807, 2.05) is 24.3 Å². The Balaban J connectivity index is 1.51. The predicted molar refractivity (Wildman–Crippen MR) is 92.7 cm³/mol. The molecule has 0 spiro atoms. The fourth-order valence-electron chi connectivity index (χ4n) is 4.49. The molecule has 0 unspecified atom stereocenters. The van der Waals surface area contributed by atoms with E-state index in [9.17, 15) is 4.79 Å². The standard InChI is InChI=1S/C19H25N3O2/c1-2-21-11-5-8-16(21)17-9-6-12-22(17)19(23)13-15-14-7-3-4-10-18(14)24-20-15/h3-4,7,10,16-17H,2,5-6,8-9,11-13H2,1H3/t16-,17-/m1/s1. The number of aromatic nitrogens is 1. The fourth-order valence-corrected chi connectivity index (χ4v) is 4.49. The van der Waals surface area contributed by atoms with E-state index < -0.39 is 0 Å². The van der Waals surface area contributed by atoms with Crippen LogP contribution >= 0.6 is 0 Å². The lowest BCUT2D eigenvalue weighted by Gasteiger charge is -2.34. The number of fused-ring (bicyclic) bond motifs is 1. The van der Waals surface area contributed by atoms with E-state index in [2.05, 4.69) is 21.9 Å². The summed E-state index contributed by atoms with van der Waals surface area (Å²) in [5.74, 6) is 0.194. The molecule has 2 fully saturated rings. The van der Waals surface area contributed by atoms with Crippen molar-refractivity contribution < 1.29 is 9.32 Å². The second-order valence-electron chi connectivity index (χ2n) is 6.94. The SMILES string of the molecule is CCN1CCC[C@@H]1[C@H]1CCCN1C(=O)Cc1noc2ccccc12. The van der Waals surface area contributed by atoms with Crippen LogP contribution in [0.4, 0.5) is 0 Å². The molecule has 5 heteroatoms. The van der Waals surface area contributed by atoms with E-state index in [1.54, 1.807) is 0 Å². The van der Waals surface area contributed by atoms with Gasteiger partial charge >= 0.3 is 0 Å². The number of nitrogens with zero attached hydrogens (tertiary/aromatic N) is 3. The Bertz CT molecular complexity index is 726. The lowest BCUT2D eigenvalue weighted by molar-refractivity contribution is -0.132. The minimum Gasteiger partial charge on any atom is -0.356 e. The largest absolute Gasteiger partial charge is 0.356 e. The third kappa shape index (κ3) is 2.71. The average molecular weight is 327 g/mol.